The Morgan fingerprint density at radius 3 is 2.93 bits per heavy atom. The van der Waals surface area contributed by atoms with Gasteiger partial charge in [0.1, 0.15) is 0 Å². The minimum Gasteiger partial charge on any atom is -0.396 e. The van der Waals surface area contributed by atoms with E-state index in [1.807, 2.05) is 13.8 Å². The van der Waals surface area contributed by atoms with Crippen LogP contribution < -0.4 is 10.9 Å². The van der Waals surface area contributed by atoms with Crippen LogP contribution >= 0.6 is 0 Å². The molecule has 5 nitrogen and oxygen atoms in total. The minimum atomic E-state index is -0.120. The Bertz CT molecular complexity index is 360. The van der Waals surface area contributed by atoms with Crippen LogP contribution in [-0.4, -0.2) is 27.8 Å². The third-order valence-corrected chi connectivity index (χ3v) is 2.05. The van der Waals surface area contributed by atoms with Crippen molar-refractivity contribution >= 4 is 5.82 Å². The fraction of sp³-hybridized carbons (Fsp3) is 0.600. The molecule has 0 atom stereocenters. The summed E-state index contributed by atoms with van der Waals surface area (Å²) in [5.74, 6) is 0.347. The standard InChI is InChI=1S/C10H17N3O2/c1-8(2)13-6-5-12-9(10(13)15)11-4-3-7-14/h5-6,8,14H,3-4,7H2,1-2H3,(H,11,12). The highest BCUT2D eigenvalue weighted by molar-refractivity contribution is 5.30. The van der Waals surface area contributed by atoms with Gasteiger partial charge in [0.05, 0.1) is 0 Å². The van der Waals surface area contributed by atoms with Crippen molar-refractivity contribution in [3.8, 4) is 0 Å². The van der Waals surface area contributed by atoms with E-state index in [0.717, 1.165) is 0 Å². The third-order valence-electron chi connectivity index (χ3n) is 2.05. The molecule has 15 heavy (non-hydrogen) atoms. The van der Waals surface area contributed by atoms with Gasteiger partial charge in [0.25, 0.3) is 5.56 Å². The van der Waals surface area contributed by atoms with Crippen LogP contribution in [0.15, 0.2) is 17.2 Å². The van der Waals surface area contributed by atoms with Gasteiger partial charge < -0.3 is 15.0 Å². The second-order valence-electron chi connectivity index (χ2n) is 3.59. The molecule has 1 heterocycles. The molecule has 0 bridgehead atoms. The normalized spacial score (nSPS) is 10.7. The SMILES string of the molecule is CC(C)n1ccnc(NCCCO)c1=O. The predicted molar refractivity (Wildman–Crippen MR) is 59.1 cm³/mol. The highest BCUT2D eigenvalue weighted by atomic mass is 16.3. The maximum atomic E-state index is 11.8. The molecule has 0 aliphatic carbocycles. The Kier molecular flexibility index (Phi) is 4.30. The van der Waals surface area contributed by atoms with E-state index in [2.05, 4.69) is 10.3 Å². The lowest BCUT2D eigenvalue weighted by Gasteiger charge is -2.11. The maximum absolute atomic E-state index is 11.8. The lowest BCUT2D eigenvalue weighted by Crippen LogP contribution is -2.26. The second kappa shape index (κ2) is 5.50. The molecular formula is C10H17N3O2. The summed E-state index contributed by atoms with van der Waals surface area (Å²) in [4.78, 5) is 15.7. The number of nitrogens with zero attached hydrogens (tertiary/aromatic N) is 2. The first-order valence-corrected chi connectivity index (χ1v) is 5.08. The number of aromatic nitrogens is 2. The van der Waals surface area contributed by atoms with Crippen LogP contribution in [0.3, 0.4) is 0 Å². The van der Waals surface area contributed by atoms with Crippen LogP contribution in [0, 0.1) is 0 Å². The van der Waals surface area contributed by atoms with Gasteiger partial charge in [-0.3, -0.25) is 4.79 Å². The summed E-state index contributed by atoms with van der Waals surface area (Å²) >= 11 is 0. The van der Waals surface area contributed by atoms with Gasteiger partial charge in [0, 0.05) is 31.6 Å². The number of aliphatic hydroxyl groups is 1. The number of anilines is 1. The lowest BCUT2D eigenvalue weighted by atomic mass is 10.4. The summed E-state index contributed by atoms with van der Waals surface area (Å²) in [6.07, 6.45) is 3.88. The van der Waals surface area contributed by atoms with E-state index < -0.39 is 0 Å². The van der Waals surface area contributed by atoms with Crippen molar-refractivity contribution in [2.45, 2.75) is 26.3 Å². The van der Waals surface area contributed by atoms with E-state index in [1.54, 1.807) is 17.0 Å². The molecule has 0 amide bonds. The van der Waals surface area contributed by atoms with E-state index in [-0.39, 0.29) is 18.2 Å². The number of rotatable bonds is 5. The summed E-state index contributed by atoms with van der Waals surface area (Å²) in [5.41, 5.74) is -0.120. The van der Waals surface area contributed by atoms with Gasteiger partial charge in [-0.05, 0) is 20.3 Å². The summed E-state index contributed by atoms with van der Waals surface area (Å²) < 4.78 is 1.62. The van der Waals surface area contributed by atoms with Crippen molar-refractivity contribution in [1.82, 2.24) is 9.55 Å². The van der Waals surface area contributed by atoms with Crippen LogP contribution in [0.5, 0.6) is 0 Å². The quantitative estimate of drug-likeness (QED) is 0.701. The van der Waals surface area contributed by atoms with Crippen molar-refractivity contribution in [3.05, 3.63) is 22.7 Å². The molecule has 0 aliphatic heterocycles. The van der Waals surface area contributed by atoms with Crippen molar-refractivity contribution < 1.29 is 5.11 Å². The Hall–Kier alpha value is -1.36. The van der Waals surface area contributed by atoms with E-state index in [0.29, 0.717) is 18.8 Å². The van der Waals surface area contributed by atoms with Gasteiger partial charge >= 0.3 is 0 Å². The molecule has 0 saturated carbocycles. The van der Waals surface area contributed by atoms with Crippen molar-refractivity contribution in [2.75, 3.05) is 18.5 Å². The highest BCUT2D eigenvalue weighted by Crippen LogP contribution is 2.01. The van der Waals surface area contributed by atoms with E-state index in [9.17, 15) is 4.79 Å². The van der Waals surface area contributed by atoms with E-state index in [4.69, 9.17) is 5.11 Å². The van der Waals surface area contributed by atoms with Gasteiger partial charge in [0.2, 0.25) is 0 Å². The zero-order chi connectivity index (χ0) is 11.3. The summed E-state index contributed by atoms with van der Waals surface area (Å²) in [6.45, 7) is 4.55. The van der Waals surface area contributed by atoms with Gasteiger partial charge in [0.15, 0.2) is 5.82 Å². The molecule has 0 aromatic carbocycles. The molecule has 0 fully saturated rings. The first kappa shape index (κ1) is 11.7. The summed E-state index contributed by atoms with van der Waals surface area (Å²) in [6, 6.07) is 0.124. The van der Waals surface area contributed by atoms with Crippen LogP contribution in [-0.2, 0) is 0 Å². The van der Waals surface area contributed by atoms with E-state index in [1.165, 1.54) is 0 Å². The fourth-order valence-corrected chi connectivity index (χ4v) is 1.24. The largest absolute Gasteiger partial charge is 0.396 e. The van der Waals surface area contributed by atoms with Crippen molar-refractivity contribution in [2.24, 2.45) is 0 Å². The molecule has 2 N–H and O–H groups in total. The van der Waals surface area contributed by atoms with Gasteiger partial charge in [-0.2, -0.15) is 0 Å². The third kappa shape index (κ3) is 3.06. The maximum Gasteiger partial charge on any atom is 0.293 e. The topological polar surface area (TPSA) is 67.2 Å². The molecule has 0 unspecified atom stereocenters. The van der Waals surface area contributed by atoms with Crippen LogP contribution in [0.2, 0.25) is 0 Å². The summed E-state index contributed by atoms with van der Waals surface area (Å²) in [7, 11) is 0. The summed E-state index contributed by atoms with van der Waals surface area (Å²) in [5, 5.41) is 11.5. The zero-order valence-corrected chi connectivity index (χ0v) is 9.10. The lowest BCUT2D eigenvalue weighted by molar-refractivity contribution is 0.292. The van der Waals surface area contributed by atoms with Crippen molar-refractivity contribution in [1.29, 1.82) is 0 Å². The fourth-order valence-electron chi connectivity index (χ4n) is 1.24. The van der Waals surface area contributed by atoms with Gasteiger partial charge in [-0.25, -0.2) is 4.98 Å². The first-order chi connectivity index (χ1) is 7.16. The number of hydrogen-bond acceptors (Lipinski definition) is 4. The van der Waals surface area contributed by atoms with Gasteiger partial charge in [-0.15, -0.1) is 0 Å². The smallest absolute Gasteiger partial charge is 0.293 e. The average Bonchev–Trinajstić information content (AvgIpc) is 2.20. The molecule has 1 rings (SSSR count). The Morgan fingerprint density at radius 2 is 2.33 bits per heavy atom. The molecule has 1 aromatic rings. The molecule has 0 aliphatic rings. The van der Waals surface area contributed by atoms with Crippen LogP contribution in [0.1, 0.15) is 26.3 Å². The van der Waals surface area contributed by atoms with Crippen LogP contribution in [0.4, 0.5) is 5.82 Å². The van der Waals surface area contributed by atoms with Gasteiger partial charge in [-0.1, -0.05) is 0 Å². The predicted octanol–water partition coefficient (Wildman–Crippen LogP) is 0.618. The molecule has 1 aromatic heterocycles. The number of hydrogen-bond donors (Lipinski definition) is 2. The Morgan fingerprint density at radius 1 is 1.60 bits per heavy atom. The number of aliphatic hydroxyl groups excluding tert-OH is 1. The van der Waals surface area contributed by atoms with Crippen molar-refractivity contribution in [3.63, 3.8) is 0 Å². The molecule has 5 heteroatoms. The molecule has 0 radical (unpaired) electrons. The van der Waals surface area contributed by atoms with E-state index >= 15 is 0 Å². The zero-order valence-electron chi connectivity index (χ0n) is 9.10. The monoisotopic (exact) mass is 211 g/mol. The minimum absolute atomic E-state index is 0.109. The molecule has 0 saturated heterocycles. The second-order valence-corrected chi connectivity index (χ2v) is 3.59. The Labute approximate surface area is 88.8 Å². The average molecular weight is 211 g/mol. The highest BCUT2D eigenvalue weighted by Gasteiger charge is 2.05. The Balaban J connectivity index is 2.81. The van der Waals surface area contributed by atoms with Crippen LogP contribution in [0.25, 0.3) is 0 Å². The molecular weight excluding hydrogens is 194 g/mol. The first-order valence-electron chi connectivity index (χ1n) is 5.08. The number of nitrogens with one attached hydrogen (secondary N) is 1. The molecule has 0 spiro atoms. The molecule has 84 valence electrons.